The van der Waals surface area contributed by atoms with Crippen LogP contribution in [0.3, 0.4) is 0 Å². The molecule has 2 saturated heterocycles. The second kappa shape index (κ2) is 9.33. The van der Waals surface area contributed by atoms with Gasteiger partial charge in [-0.2, -0.15) is 5.01 Å². The lowest BCUT2D eigenvalue weighted by Gasteiger charge is -2.34. The summed E-state index contributed by atoms with van der Waals surface area (Å²) in [7, 11) is 0. The molecule has 2 rings (SSSR count). The maximum Gasteiger partial charge on any atom is 0.344 e. The predicted octanol–water partition coefficient (Wildman–Crippen LogP) is -0.872. The average Bonchev–Trinajstić information content (AvgIpc) is 2.85. The first-order valence-corrected chi connectivity index (χ1v) is 9.82. The third-order valence-corrected chi connectivity index (χ3v) is 5.11. The molecule has 1 unspecified atom stereocenters. The van der Waals surface area contributed by atoms with E-state index in [-0.39, 0.29) is 12.5 Å². The summed E-state index contributed by atoms with van der Waals surface area (Å²) in [6.45, 7) is 11.3. The molecule has 0 aromatic heterocycles. The van der Waals surface area contributed by atoms with Crippen LogP contribution in [0.25, 0.3) is 0 Å². The normalized spacial score (nSPS) is 23.8. The smallest absolute Gasteiger partial charge is 0.344 e. The Morgan fingerprint density at radius 1 is 1.07 bits per heavy atom. The number of hydrazine groups is 1. The van der Waals surface area contributed by atoms with Crippen LogP contribution in [0.5, 0.6) is 0 Å². The van der Waals surface area contributed by atoms with E-state index < -0.39 is 23.4 Å². The molecule has 0 saturated carbocycles. The van der Waals surface area contributed by atoms with Crippen molar-refractivity contribution in [3.05, 3.63) is 0 Å². The molecule has 10 nitrogen and oxygen atoms in total. The molecule has 0 aromatic carbocycles. The Morgan fingerprint density at radius 2 is 1.61 bits per heavy atom. The Morgan fingerprint density at radius 3 is 2.07 bits per heavy atom. The van der Waals surface area contributed by atoms with Gasteiger partial charge < -0.3 is 10.6 Å². The number of nitrogens with zero attached hydrogens (tertiary/aromatic N) is 3. The van der Waals surface area contributed by atoms with Gasteiger partial charge in [-0.05, 0) is 19.3 Å². The van der Waals surface area contributed by atoms with E-state index in [0.717, 1.165) is 5.01 Å². The molecule has 0 aliphatic carbocycles. The highest BCUT2D eigenvalue weighted by Crippen LogP contribution is 2.19. The van der Waals surface area contributed by atoms with E-state index in [2.05, 4.69) is 16.1 Å². The number of nitrogens with one attached hydrogen (secondary N) is 3. The molecule has 10 heteroatoms. The van der Waals surface area contributed by atoms with Crippen LogP contribution >= 0.6 is 0 Å². The van der Waals surface area contributed by atoms with Crippen molar-refractivity contribution in [3.8, 4) is 0 Å². The number of rotatable bonds is 8. The quantitative estimate of drug-likeness (QED) is 0.460. The molecule has 1 atom stereocenters. The van der Waals surface area contributed by atoms with E-state index in [1.54, 1.807) is 13.8 Å². The van der Waals surface area contributed by atoms with Crippen LogP contribution in [0.4, 0.5) is 4.79 Å². The maximum atomic E-state index is 12.3. The van der Waals surface area contributed by atoms with Crippen molar-refractivity contribution in [1.82, 2.24) is 30.9 Å². The van der Waals surface area contributed by atoms with Crippen LogP contribution < -0.4 is 16.1 Å². The van der Waals surface area contributed by atoms with Gasteiger partial charge in [0.05, 0.1) is 13.1 Å². The number of amides is 5. The Labute approximate surface area is 165 Å². The van der Waals surface area contributed by atoms with Crippen LogP contribution in [-0.4, -0.2) is 89.9 Å². The van der Waals surface area contributed by atoms with Crippen molar-refractivity contribution in [1.29, 1.82) is 0 Å². The lowest BCUT2D eigenvalue weighted by atomic mass is 10.00. The van der Waals surface area contributed by atoms with Gasteiger partial charge in [0, 0.05) is 32.7 Å². The fraction of sp³-hybridized carbons (Fsp3) is 0.778. The second-order valence-corrected chi connectivity index (χ2v) is 8.04. The highest BCUT2D eigenvalue weighted by Gasteiger charge is 2.47. The van der Waals surface area contributed by atoms with E-state index in [4.69, 9.17) is 0 Å². The molecule has 0 bridgehead atoms. The summed E-state index contributed by atoms with van der Waals surface area (Å²) in [5.41, 5.74) is 1.42. The van der Waals surface area contributed by atoms with Crippen molar-refractivity contribution in [3.63, 3.8) is 0 Å². The van der Waals surface area contributed by atoms with E-state index in [0.29, 0.717) is 51.6 Å². The minimum atomic E-state index is -0.980. The number of hydrogen-bond donors (Lipinski definition) is 3. The van der Waals surface area contributed by atoms with Gasteiger partial charge in [0.2, 0.25) is 5.91 Å². The van der Waals surface area contributed by atoms with Gasteiger partial charge in [-0.15, -0.1) is 0 Å². The Kier molecular flexibility index (Phi) is 7.36. The summed E-state index contributed by atoms with van der Waals surface area (Å²) in [6, 6.07) is -0.611. The minimum absolute atomic E-state index is 0.0115. The first kappa shape index (κ1) is 22.1. The van der Waals surface area contributed by atoms with Gasteiger partial charge in [-0.25, -0.2) is 4.79 Å². The molecule has 0 aromatic rings. The maximum absolute atomic E-state index is 12.3. The van der Waals surface area contributed by atoms with Gasteiger partial charge in [-0.1, -0.05) is 20.8 Å². The van der Waals surface area contributed by atoms with Gasteiger partial charge in [0.25, 0.3) is 11.8 Å². The lowest BCUT2D eigenvalue weighted by molar-refractivity contribution is -0.139. The third kappa shape index (κ3) is 5.65. The fourth-order valence-electron chi connectivity index (χ4n) is 3.07. The number of carbonyl (C=O) groups excluding carboxylic acids is 4. The van der Waals surface area contributed by atoms with E-state index >= 15 is 0 Å². The summed E-state index contributed by atoms with van der Waals surface area (Å²) in [4.78, 5) is 52.4. The van der Waals surface area contributed by atoms with E-state index in [9.17, 15) is 19.2 Å². The Bertz CT molecular complexity index is 617. The van der Waals surface area contributed by atoms with E-state index in [1.807, 2.05) is 23.6 Å². The molecular formula is C18H32N6O4. The zero-order valence-electron chi connectivity index (χ0n) is 17.2. The Balaban J connectivity index is 1.73. The van der Waals surface area contributed by atoms with Crippen LogP contribution in [-0.2, 0) is 14.4 Å². The molecule has 2 heterocycles. The molecule has 2 aliphatic heterocycles. The van der Waals surface area contributed by atoms with Crippen LogP contribution in [0.2, 0.25) is 0 Å². The molecule has 3 N–H and O–H groups in total. The highest BCUT2D eigenvalue weighted by atomic mass is 16.2. The summed E-state index contributed by atoms with van der Waals surface area (Å²) < 4.78 is 0. The Hall–Kier alpha value is -2.20. The van der Waals surface area contributed by atoms with Gasteiger partial charge in [-0.3, -0.25) is 29.6 Å². The van der Waals surface area contributed by atoms with E-state index in [1.165, 1.54) is 0 Å². The highest BCUT2D eigenvalue weighted by molar-refractivity contribution is 6.07. The average molecular weight is 396 g/mol. The molecule has 0 radical (unpaired) electrons. The van der Waals surface area contributed by atoms with Crippen molar-refractivity contribution in [2.24, 2.45) is 5.92 Å². The molecule has 28 heavy (non-hydrogen) atoms. The lowest BCUT2D eigenvalue weighted by Crippen LogP contribution is -2.54. The third-order valence-electron chi connectivity index (χ3n) is 5.11. The molecule has 158 valence electrons. The molecule has 5 amide bonds. The number of piperazine rings is 1. The monoisotopic (exact) mass is 396 g/mol. The number of urea groups is 1. The number of carbonyl (C=O) groups is 4. The summed E-state index contributed by atoms with van der Waals surface area (Å²) >= 11 is 0. The zero-order valence-corrected chi connectivity index (χ0v) is 17.2. The largest absolute Gasteiger partial charge is 0.355 e. The van der Waals surface area contributed by atoms with Crippen molar-refractivity contribution in [2.45, 2.75) is 39.7 Å². The zero-order chi connectivity index (χ0) is 20.9. The molecule has 2 aliphatic rings. The first-order chi connectivity index (χ1) is 13.1. The topological polar surface area (TPSA) is 114 Å². The fourth-order valence-corrected chi connectivity index (χ4v) is 3.07. The van der Waals surface area contributed by atoms with Crippen molar-refractivity contribution in [2.75, 3.05) is 45.8 Å². The summed E-state index contributed by atoms with van der Waals surface area (Å²) in [6.07, 6.45) is 0.441. The predicted molar refractivity (Wildman–Crippen MR) is 103 cm³/mol. The van der Waals surface area contributed by atoms with Crippen LogP contribution in [0.1, 0.15) is 34.1 Å². The summed E-state index contributed by atoms with van der Waals surface area (Å²) in [5.74, 6) is -0.436. The number of imide groups is 1. The first-order valence-electron chi connectivity index (χ1n) is 9.82. The standard InChI is InChI=1S/C18H32N6O4/c1-5-18(4)16(27)24(17(28)20-18)21-15(26)12-23-8-6-22(7-9-23)11-14(25)19-10-13(2)3/h13H,5-12H2,1-4H3,(H,19,25)(H,20,28)(H,21,26). The second-order valence-electron chi connectivity index (χ2n) is 8.04. The SMILES string of the molecule is CCC1(C)NC(=O)N(NC(=O)CN2CCN(CC(=O)NCC(C)C)CC2)C1=O. The van der Waals surface area contributed by atoms with Crippen molar-refractivity contribution < 1.29 is 19.2 Å². The van der Waals surface area contributed by atoms with Gasteiger partial charge >= 0.3 is 6.03 Å². The number of hydrogen-bond acceptors (Lipinski definition) is 6. The van der Waals surface area contributed by atoms with Gasteiger partial charge in [0.1, 0.15) is 5.54 Å². The molecular weight excluding hydrogens is 364 g/mol. The van der Waals surface area contributed by atoms with Crippen molar-refractivity contribution >= 4 is 23.8 Å². The summed E-state index contributed by atoms with van der Waals surface area (Å²) in [5, 5.41) is 6.26. The molecule has 2 fully saturated rings. The van der Waals surface area contributed by atoms with Crippen LogP contribution in [0, 0.1) is 5.92 Å². The molecule has 0 spiro atoms. The van der Waals surface area contributed by atoms with Crippen LogP contribution in [0.15, 0.2) is 0 Å². The minimum Gasteiger partial charge on any atom is -0.355 e. The van der Waals surface area contributed by atoms with Gasteiger partial charge in [0.15, 0.2) is 0 Å².